The third-order valence-electron chi connectivity index (χ3n) is 7.13. The van der Waals surface area contributed by atoms with Gasteiger partial charge in [-0.2, -0.15) is 0 Å². The van der Waals surface area contributed by atoms with Gasteiger partial charge in [0.05, 0.1) is 6.61 Å². The summed E-state index contributed by atoms with van der Waals surface area (Å²) in [6.07, 6.45) is 3.62. The monoisotopic (exact) mass is 519 g/mol. The van der Waals surface area contributed by atoms with Crippen molar-refractivity contribution in [1.82, 2.24) is 4.90 Å². The molecule has 2 aliphatic heterocycles. The Morgan fingerprint density at radius 3 is 2.16 bits per heavy atom. The molecule has 0 bridgehead atoms. The van der Waals surface area contributed by atoms with Crippen molar-refractivity contribution in [2.45, 2.75) is 31.1 Å². The predicted octanol–water partition coefficient (Wildman–Crippen LogP) is 6.26. The summed E-state index contributed by atoms with van der Waals surface area (Å²) in [7, 11) is 0. The van der Waals surface area contributed by atoms with Crippen molar-refractivity contribution in [3.63, 3.8) is 0 Å². The molecule has 0 amide bonds. The first-order chi connectivity index (χ1) is 17.8. The Balaban J connectivity index is 1.46. The van der Waals surface area contributed by atoms with E-state index in [2.05, 4.69) is 4.90 Å². The third kappa shape index (κ3) is 4.97. The molecule has 0 saturated carbocycles. The molecular formula is C28H26F5NO3. The summed E-state index contributed by atoms with van der Waals surface area (Å²) < 4.78 is 83.1. The van der Waals surface area contributed by atoms with Gasteiger partial charge in [-0.1, -0.05) is 24.6 Å². The molecule has 0 unspecified atom stereocenters. The molecule has 2 atom stereocenters. The molecule has 196 valence electrons. The van der Waals surface area contributed by atoms with Gasteiger partial charge in [0, 0.05) is 35.6 Å². The van der Waals surface area contributed by atoms with Crippen LogP contribution in [0.15, 0.2) is 42.5 Å². The molecule has 3 aromatic rings. The van der Waals surface area contributed by atoms with Crippen LogP contribution in [0.5, 0.6) is 17.2 Å². The minimum absolute atomic E-state index is 0.0790. The standard InChI is InChI=1S/C28H26F5NO3/c29-24-23(25(30)27(32)28(33)26(24)31)20-15-37-21-14-17(35)6-9-19(21)22(20)16-4-7-18(8-5-16)36-13-12-34-10-2-1-3-11-34/h4-9,14,20,22,35H,1-3,10-13,15H2/t20-,22+/m1/s1. The Morgan fingerprint density at radius 1 is 0.838 bits per heavy atom. The van der Waals surface area contributed by atoms with Gasteiger partial charge < -0.3 is 14.6 Å². The number of hydrogen-bond donors (Lipinski definition) is 1. The van der Waals surface area contributed by atoms with Crippen molar-refractivity contribution >= 4 is 0 Å². The molecule has 37 heavy (non-hydrogen) atoms. The summed E-state index contributed by atoms with van der Waals surface area (Å²) in [5.74, 6) is -11.2. The van der Waals surface area contributed by atoms with E-state index < -0.39 is 46.5 Å². The Bertz CT molecular complexity index is 1250. The van der Waals surface area contributed by atoms with Gasteiger partial charge in [-0.05, 0) is 49.7 Å². The van der Waals surface area contributed by atoms with Gasteiger partial charge in [0.2, 0.25) is 5.82 Å². The van der Waals surface area contributed by atoms with Crippen LogP contribution in [0, 0.1) is 29.1 Å². The van der Waals surface area contributed by atoms with Crippen LogP contribution in [-0.2, 0) is 0 Å². The molecule has 2 heterocycles. The first-order valence-electron chi connectivity index (χ1n) is 12.3. The van der Waals surface area contributed by atoms with E-state index in [1.165, 1.54) is 37.5 Å². The number of hydrogen-bond acceptors (Lipinski definition) is 4. The fourth-order valence-corrected chi connectivity index (χ4v) is 5.25. The van der Waals surface area contributed by atoms with E-state index in [-0.39, 0.29) is 18.1 Å². The Hall–Kier alpha value is -3.33. The molecule has 1 N–H and O–H groups in total. The molecule has 9 heteroatoms. The molecule has 0 aliphatic carbocycles. The second-order valence-corrected chi connectivity index (χ2v) is 9.42. The fourth-order valence-electron chi connectivity index (χ4n) is 5.25. The maximum Gasteiger partial charge on any atom is 0.200 e. The van der Waals surface area contributed by atoms with Crippen molar-refractivity contribution < 1.29 is 36.5 Å². The number of fused-ring (bicyclic) bond motifs is 1. The molecule has 0 radical (unpaired) electrons. The summed E-state index contributed by atoms with van der Waals surface area (Å²) in [4.78, 5) is 2.35. The van der Waals surface area contributed by atoms with E-state index in [1.807, 2.05) is 0 Å². The van der Waals surface area contributed by atoms with Gasteiger partial charge in [-0.25, -0.2) is 22.0 Å². The molecule has 1 saturated heterocycles. The molecule has 1 fully saturated rings. The van der Waals surface area contributed by atoms with Crippen molar-refractivity contribution in [2.24, 2.45) is 0 Å². The average Bonchev–Trinajstić information content (AvgIpc) is 2.92. The van der Waals surface area contributed by atoms with Crippen molar-refractivity contribution in [2.75, 3.05) is 32.8 Å². The zero-order valence-electron chi connectivity index (χ0n) is 20.0. The third-order valence-corrected chi connectivity index (χ3v) is 7.13. The van der Waals surface area contributed by atoms with Gasteiger partial charge in [0.1, 0.15) is 23.9 Å². The summed E-state index contributed by atoms with van der Waals surface area (Å²) in [6, 6.07) is 11.1. The van der Waals surface area contributed by atoms with Crippen LogP contribution in [-0.4, -0.2) is 42.9 Å². The smallest absolute Gasteiger partial charge is 0.200 e. The number of likely N-dealkylation sites (tertiary alicyclic amines) is 1. The molecule has 2 aliphatic rings. The first-order valence-corrected chi connectivity index (χ1v) is 12.3. The van der Waals surface area contributed by atoms with Crippen LogP contribution >= 0.6 is 0 Å². The maximum absolute atomic E-state index is 14.8. The topological polar surface area (TPSA) is 41.9 Å². The quantitative estimate of drug-likeness (QED) is 0.237. The van der Waals surface area contributed by atoms with Crippen LogP contribution in [0.4, 0.5) is 22.0 Å². The molecule has 0 spiro atoms. The number of piperidine rings is 1. The summed E-state index contributed by atoms with van der Waals surface area (Å²) >= 11 is 0. The zero-order chi connectivity index (χ0) is 26.1. The van der Waals surface area contributed by atoms with Gasteiger partial charge in [-0.3, -0.25) is 4.90 Å². The van der Waals surface area contributed by atoms with Crippen LogP contribution in [0.25, 0.3) is 0 Å². The van der Waals surface area contributed by atoms with Gasteiger partial charge in [0.25, 0.3) is 0 Å². The lowest BCUT2D eigenvalue weighted by Crippen LogP contribution is -2.33. The number of rotatable bonds is 6. The van der Waals surface area contributed by atoms with E-state index in [1.54, 1.807) is 24.3 Å². The van der Waals surface area contributed by atoms with E-state index in [4.69, 9.17) is 9.47 Å². The van der Waals surface area contributed by atoms with Crippen LogP contribution < -0.4 is 9.47 Å². The van der Waals surface area contributed by atoms with E-state index >= 15 is 0 Å². The van der Waals surface area contributed by atoms with Gasteiger partial charge in [-0.15, -0.1) is 0 Å². The molecular weight excluding hydrogens is 493 g/mol. The fraction of sp³-hybridized carbons (Fsp3) is 0.357. The summed E-state index contributed by atoms with van der Waals surface area (Å²) in [5.41, 5.74) is 0.103. The highest BCUT2D eigenvalue weighted by Gasteiger charge is 2.39. The molecule has 0 aromatic heterocycles. The Labute approximate surface area is 211 Å². The van der Waals surface area contributed by atoms with Crippen molar-refractivity contribution in [1.29, 1.82) is 0 Å². The number of phenolic OH excluding ortho intramolecular Hbond substituents is 1. The van der Waals surface area contributed by atoms with Crippen molar-refractivity contribution in [3.05, 3.63) is 88.2 Å². The van der Waals surface area contributed by atoms with Crippen LogP contribution in [0.2, 0.25) is 0 Å². The van der Waals surface area contributed by atoms with Crippen LogP contribution in [0.3, 0.4) is 0 Å². The van der Waals surface area contributed by atoms with E-state index in [0.717, 1.165) is 19.6 Å². The molecule has 5 rings (SSSR count). The number of ether oxygens (including phenoxy) is 2. The second-order valence-electron chi connectivity index (χ2n) is 9.42. The number of phenols is 1. The number of halogens is 5. The minimum Gasteiger partial charge on any atom is -0.508 e. The second kappa shape index (κ2) is 10.6. The van der Waals surface area contributed by atoms with E-state index in [9.17, 15) is 27.1 Å². The minimum atomic E-state index is -2.21. The lowest BCUT2D eigenvalue weighted by molar-refractivity contribution is 0.183. The number of nitrogens with zero attached hydrogens (tertiary/aromatic N) is 1. The van der Waals surface area contributed by atoms with Gasteiger partial charge in [0.15, 0.2) is 23.3 Å². The maximum atomic E-state index is 14.8. The highest BCUT2D eigenvalue weighted by molar-refractivity contribution is 5.51. The largest absolute Gasteiger partial charge is 0.508 e. The normalized spacial score (nSPS) is 19.8. The zero-order valence-corrected chi connectivity index (χ0v) is 20.0. The van der Waals surface area contributed by atoms with Crippen molar-refractivity contribution in [3.8, 4) is 17.2 Å². The van der Waals surface area contributed by atoms with Gasteiger partial charge >= 0.3 is 0 Å². The Morgan fingerprint density at radius 2 is 1.49 bits per heavy atom. The van der Waals surface area contributed by atoms with E-state index in [0.29, 0.717) is 23.5 Å². The Kier molecular flexibility index (Phi) is 7.24. The first kappa shape index (κ1) is 25.3. The summed E-state index contributed by atoms with van der Waals surface area (Å²) in [6.45, 7) is 3.07. The predicted molar refractivity (Wildman–Crippen MR) is 127 cm³/mol. The average molecular weight is 520 g/mol. The number of benzene rings is 3. The highest BCUT2D eigenvalue weighted by atomic mass is 19.2. The lowest BCUT2D eigenvalue weighted by Gasteiger charge is -2.35. The highest BCUT2D eigenvalue weighted by Crippen LogP contribution is 2.48. The molecule has 4 nitrogen and oxygen atoms in total. The van der Waals surface area contributed by atoms with Crippen LogP contribution in [0.1, 0.15) is 47.8 Å². The lowest BCUT2D eigenvalue weighted by atomic mass is 9.75. The SMILES string of the molecule is Oc1ccc2c(c1)OC[C@@H](c1c(F)c(F)c(F)c(F)c1F)[C@H]2c1ccc(OCCN2CCCCC2)cc1. The molecule has 3 aromatic carbocycles. The summed E-state index contributed by atoms with van der Waals surface area (Å²) in [5, 5.41) is 9.87. The number of aromatic hydroxyl groups is 1.